The van der Waals surface area contributed by atoms with E-state index in [9.17, 15) is 61.7 Å². The van der Waals surface area contributed by atoms with Gasteiger partial charge in [0.05, 0.1) is 27.1 Å². The molecule has 1 fully saturated rings. The maximum atomic E-state index is 12.4. The number of rotatable bonds is 18. The number of hydrogen-bond acceptors (Lipinski definition) is 17. The lowest BCUT2D eigenvalue weighted by molar-refractivity contribution is -0.689. The minimum atomic E-state index is -5.24. The minimum absolute atomic E-state index is 0.0217. The molecular weight excluding hydrogens is 1030 g/mol. The molecule has 1 atom stereocenters. The number of nitrogens with zero attached hydrogens (tertiary/aromatic N) is 5. The molecule has 2 aromatic rings. The number of pyridine rings is 1. The molecule has 1 saturated heterocycles. The molecule has 0 bridgehead atoms. The van der Waals surface area contributed by atoms with Gasteiger partial charge < -0.3 is 9.74 Å². The van der Waals surface area contributed by atoms with E-state index in [-0.39, 0.29) is 35.5 Å². The van der Waals surface area contributed by atoms with Crippen LogP contribution in [0.1, 0.15) is 82.9 Å². The number of amidine groups is 1. The summed E-state index contributed by atoms with van der Waals surface area (Å²) in [5.41, 5.74) is 1.89. The molecule has 6 rings (SSSR count). The quantitative estimate of drug-likeness (QED) is 0.0548. The SMILES string of the molecule is CC1(C)C2=CC(C#Cc3ccc(S(=O)(=O)O)cc3)=CN(CCCCCC(=O)ON3C(=O)CCC3=O)C2=N/C1=C\C=C\C1=Nc2c(cc(C#CCOS(=O)(=O)O)c[n+]2CC(CS(=O)(=O)O)OS(=O)(=O)O)C1(C)C. The Morgan fingerprint density at radius 3 is 2.17 bits per heavy atom. The molecule has 1 aromatic heterocycles. The van der Waals surface area contributed by atoms with Crippen LogP contribution < -0.4 is 4.57 Å². The van der Waals surface area contributed by atoms with Crippen LogP contribution in [0.4, 0.5) is 5.82 Å². The van der Waals surface area contributed by atoms with Crippen LogP contribution >= 0.6 is 0 Å². The first-order valence-corrected chi connectivity index (χ1v) is 27.4. The van der Waals surface area contributed by atoms with Crippen molar-refractivity contribution in [3.05, 3.63) is 101 Å². The number of fused-ring (bicyclic) bond motifs is 2. The van der Waals surface area contributed by atoms with Crippen LogP contribution in [-0.4, -0.2) is 116 Å². The zero-order valence-corrected chi connectivity index (χ0v) is 42.1. The molecule has 1 unspecified atom stereocenters. The topological polar surface area (TPSA) is 331 Å². The van der Waals surface area contributed by atoms with Crippen molar-refractivity contribution in [1.29, 1.82) is 0 Å². The lowest BCUT2D eigenvalue weighted by atomic mass is 9.80. The molecule has 27 heteroatoms. The van der Waals surface area contributed by atoms with Crippen molar-refractivity contribution >= 4 is 76.2 Å². The fourth-order valence-corrected chi connectivity index (χ4v) is 9.66. The summed E-state index contributed by atoms with van der Waals surface area (Å²) in [6.45, 7) is 6.56. The first-order chi connectivity index (χ1) is 33.4. The molecule has 72 heavy (non-hydrogen) atoms. The highest BCUT2D eigenvalue weighted by Gasteiger charge is 2.44. The number of hydrogen-bond donors (Lipinski definition) is 4. The maximum Gasteiger partial charge on any atom is 0.398 e. The second-order valence-corrected chi connectivity index (χ2v) is 22.6. The number of carbonyl (C=O) groups is 3. The Morgan fingerprint density at radius 1 is 0.861 bits per heavy atom. The Kier molecular flexibility index (Phi) is 16.4. The summed E-state index contributed by atoms with van der Waals surface area (Å²) in [5, 5.41) is 0.505. The summed E-state index contributed by atoms with van der Waals surface area (Å²) in [6.07, 6.45) is 9.74. The Balaban J connectivity index is 1.29. The average molecular weight is 1080 g/mol. The summed E-state index contributed by atoms with van der Waals surface area (Å²) in [4.78, 5) is 52.6. The van der Waals surface area contributed by atoms with E-state index in [2.05, 4.69) is 32.0 Å². The molecule has 0 spiro atoms. The van der Waals surface area contributed by atoms with Gasteiger partial charge in [0.15, 0.2) is 5.71 Å². The lowest BCUT2D eigenvalue weighted by Gasteiger charge is -2.29. The number of aliphatic imine (C=N–C) groups is 2. The number of aromatic nitrogens is 1. The molecule has 0 radical (unpaired) electrons. The normalized spacial score (nSPS) is 18.4. The van der Waals surface area contributed by atoms with Crippen LogP contribution in [0.25, 0.3) is 0 Å². The highest BCUT2D eigenvalue weighted by molar-refractivity contribution is 7.86. The van der Waals surface area contributed by atoms with E-state index in [1.54, 1.807) is 44.3 Å². The average Bonchev–Trinajstić information content (AvgIpc) is 3.81. The third kappa shape index (κ3) is 14.5. The van der Waals surface area contributed by atoms with Crippen LogP contribution in [0.15, 0.2) is 98.8 Å². The summed E-state index contributed by atoms with van der Waals surface area (Å²) in [6, 6.07) is 6.97. The first-order valence-electron chi connectivity index (χ1n) is 21.6. The molecular formula is C45H48N5O18S4+. The Labute approximate surface area is 416 Å². The Bertz CT molecular complexity index is 3320. The van der Waals surface area contributed by atoms with Crippen molar-refractivity contribution in [2.75, 3.05) is 18.9 Å². The lowest BCUT2D eigenvalue weighted by Crippen LogP contribution is -2.45. The van der Waals surface area contributed by atoms with E-state index in [1.807, 2.05) is 24.8 Å². The zero-order valence-electron chi connectivity index (χ0n) is 38.9. The molecule has 5 heterocycles. The molecule has 0 saturated carbocycles. The molecule has 0 aliphatic carbocycles. The van der Waals surface area contributed by atoms with E-state index in [0.717, 1.165) is 5.57 Å². The van der Waals surface area contributed by atoms with Crippen LogP contribution in [0.5, 0.6) is 0 Å². The molecule has 23 nitrogen and oxygen atoms in total. The predicted molar refractivity (Wildman–Crippen MR) is 254 cm³/mol. The Morgan fingerprint density at radius 2 is 1.54 bits per heavy atom. The van der Waals surface area contributed by atoms with E-state index in [4.69, 9.17) is 19.4 Å². The molecule has 2 amide bonds. The van der Waals surface area contributed by atoms with Crippen molar-refractivity contribution in [1.82, 2.24) is 9.96 Å². The van der Waals surface area contributed by atoms with Crippen molar-refractivity contribution in [2.45, 2.75) is 89.2 Å². The number of hydroxylamine groups is 2. The number of benzene rings is 1. The van der Waals surface area contributed by atoms with Crippen LogP contribution in [-0.2, 0) is 80.6 Å². The summed E-state index contributed by atoms with van der Waals surface area (Å²) in [5.74, 6) is 8.90. The highest BCUT2D eigenvalue weighted by atomic mass is 32.3. The van der Waals surface area contributed by atoms with E-state index < -0.39 is 94.7 Å². The maximum absolute atomic E-state index is 12.4. The third-order valence-electron chi connectivity index (χ3n) is 11.4. The van der Waals surface area contributed by atoms with Gasteiger partial charge >= 0.3 is 32.6 Å². The van der Waals surface area contributed by atoms with Gasteiger partial charge in [-0.25, -0.2) is 22.7 Å². The molecule has 1 aromatic carbocycles. The molecule has 4 N–H and O–H groups in total. The monoisotopic (exact) mass is 1070 g/mol. The van der Waals surface area contributed by atoms with Gasteiger partial charge in [-0.15, -0.1) is 5.06 Å². The zero-order chi connectivity index (χ0) is 53.0. The van der Waals surface area contributed by atoms with Crippen molar-refractivity contribution in [3.8, 4) is 23.7 Å². The van der Waals surface area contributed by atoms with Gasteiger partial charge in [-0.1, -0.05) is 50.0 Å². The number of imide groups is 1. The smallest absolute Gasteiger partial charge is 0.332 e. The fourth-order valence-electron chi connectivity index (χ4n) is 7.77. The summed E-state index contributed by atoms with van der Waals surface area (Å²) in [7, 11) is -19.3. The molecule has 4 aliphatic heterocycles. The summed E-state index contributed by atoms with van der Waals surface area (Å²) >= 11 is 0. The molecule has 4 aliphatic rings. The van der Waals surface area contributed by atoms with Gasteiger partial charge in [-0.2, -0.15) is 33.7 Å². The van der Waals surface area contributed by atoms with Crippen molar-refractivity contribution in [3.63, 3.8) is 0 Å². The van der Waals surface area contributed by atoms with Crippen LogP contribution in [0.3, 0.4) is 0 Å². The first kappa shape index (κ1) is 55.1. The van der Waals surface area contributed by atoms with E-state index in [0.29, 0.717) is 64.8 Å². The number of amides is 2. The van der Waals surface area contributed by atoms with Crippen LogP contribution in [0, 0.1) is 29.1 Å². The largest absolute Gasteiger partial charge is 0.398 e. The number of carbonyl (C=O) groups excluding carboxylic acids is 3. The molecule has 384 valence electrons. The number of unbranched alkanes of at least 4 members (excludes halogenated alkanes) is 2. The van der Waals surface area contributed by atoms with Crippen LogP contribution in [0.2, 0.25) is 0 Å². The van der Waals surface area contributed by atoms with Gasteiger partial charge in [0.1, 0.15) is 37.0 Å². The minimum Gasteiger partial charge on any atom is -0.332 e. The van der Waals surface area contributed by atoms with Gasteiger partial charge in [-0.05, 0) is 80.2 Å². The van der Waals surface area contributed by atoms with Crippen molar-refractivity contribution < 1.29 is 84.0 Å². The van der Waals surface area contributed by atoms with Crippen molar-refractivity contribution in [2.24, 2.45) is 15.4 Å². The van der Waals surface area contributed by atoms with E-state index in [1.165, 1.54) is 35.0 Å². The third-order valence-corrected chi connectivity index (χ3v) is 13.9. The predicted octanol–water partition coefficient (Wildman–Crippen LogP) is 3.05. The fraction of sp³-hybridized carbons (Fsp3) is 0.378. The standard InChI is InChI=1S/C45H47N5O18S4/c1-44(2)35-25-32(15-14-30-16-18-34(19-17-30)70(57,58)59)26-48(22-7-5-6-13-41(53)67-50-39(51)20-21-40(50)52)42(35)46-37(44)11-8-12-38-45(3,4)36-24-31(10-9-23-66-71(60,61)62)27-49(43(36)47-38)28-33(29-69(54,55)56)68-72(63,64)65/h8,11-12,16-19,24-27,33H,5-7,13,20-23,28-29H2,1-4H3,(H3-,54,55,56,57,58,59,60,61,62,63,64,65)/p+1. The van der Waals surface area contributed by atoms with Gasteiger partial charge in [0.2, 0.25) is 0 Å². The van der Waals surface area contributed by atoms with Gasteiger partial charge in [0.25, 0.3) is 32.1 Å². The second kappa shape index (κ2) is 21.5. The van der Waals surface area contributed by atoms with E-state index >= 15 is 0 Å². The van der Waals surface area contributed by atoms with Gasteiger partial charge in [-0.3, -0.25) is 27.8 Å². The van der Waals surface area contributed by atoms with Gasteiger partial charge in [0, 0.05) is 54.1 Å². The summed E-state index contributed by atoms with van der Waals surface area (Å²) < 4.78 is 140. The number of allylic oxidation sites excluding steroid dienone is 6. The highest BCUT2D eigenvalue weighted by Crippen LogP contribution is 2.45. The Hall–Kier alpha value is -6.24. The second-order valence-electron chi connectivity index (χ2n) is 17.5.